The van der Waals surface area contributed by atoms with Gasteiger partial charge in [-0.15, -0.1) is 0 Å². The highest BCUT2D eigenvalue weighted by atomic mass is 16.5. The molecule has 0 saturated carbocycles. The van der Waals surface area contributed by atoms with Crippen molar-refractivity contribution in [3.63, 3.8) is 0 Å². The molecule has 5 heteroatoms. The number of rotatable bonds is 3. The van der Waals surface area contributed by atoms with Crippen LogP contribution in [0.2, 0.25) is 0 Å². The van der Waals surface area contributed by atoms with Crippen molar-refractivity contribution in [2.75, 3.05) is 0 Å². The van der Waals surface area contributed by atoms with Gasteiger partial charge in [0, 0.05) is 13.8 Å². The molecule has 0 N–H and O–H groups in total. The van der Waals surface area contributed by atoms with Crippen molar-refractivity contribution >= 4 is 17.7 Å². The van der Waals surface area contributed by atoms with Gasteiger partial charge in [0.2, 0.25) is 0 Å². The van der Waals surface area contributed by atoms with Gasteiger partial charge in [-0.05, 0) is 38.0 Å². The summed E-state index contributed by atoms with van der Waals surface area (Å²) in [4.78, 5) is 33.7. The Morgan fingerprint density at radius 1 is 0.895 bits per heavy atom. The summed E-state index contributed by atoms with van der Waals surface area (Å²) >= 11 is 0. The fourth-order valence-electron chi connectivity index (χ4n) is 1.66. The summed E-state index contributed by atoms with van der Waals surface area (Å²) < 4.78 is 10.1. The lowest BCUT2D eigenvalue weighted by atomic mass is 10.0. The molecule has 1 rings (SSSR count). The van der Waals surface area contributed by atoms with Gasteiger partial charge in [0.1, 0.15) is 11.5 Å². The molecule has 5 nitrogen and oxygen atoms in total. The largest absolute Gasteiger partial charge is 0.426 e. The monoisotopic (exact) mass is 264 g/mol. The Balaban J connectivity index is 3.48. The molecule has 0 fully saturated rings. The molecule has 0 saturated heterocycles. The van der Waals surface area contributed by atoms with Crippen molar-refractivity contribution < 1.29 is 23.9 Å². The van der Waals surface area contributed by atoms with Gasteiger partial charge in [-0.3, -0.25) is 14.4 Å². The number of ether oxygens (including phenoxy) is 2. The number of hydrogen-bond acceptors (Lipinski definition) is 5. The number of Topliss-reactive ketones (excluding diaryl/α,β-unsaturated/α-hetero) is 1. The standard InChI is InChI=1S/C14H16O5/c1-7-8(2)14(19-11(5)17)12(9(3)15)6-13(7)18-10(4)16/h6H,1-5H3. The molecule has 0 aliphatic rings. The van der Waals surface area contributed by atoms with Crippen LogP contribution in [0, 0.1) is 13.8 Å². The Morgan fingerprint density at radius 2 is 1.42 bits per heavy atom. The van der Waals surface area contributed by atoms with Gasteiger partial charge < -0.3 is 9.47 Å². The molecule has 0 atom stereocenters. The van der Waals surface area contributed by atoms with Crippen LogP contribution in [0.25, 0.3) is 0 Å². The Kier molecular flexibility index (Phi) is 4.43. The third kappa shape index (κ3) is 3.40. The van der Waals surface area contributed by atoms with Crippen molar-refractivity contribution in [1.82, 2.24) is 0 Å². The minimum atomic E-state index is -0.509. The van der Waals surface area contributed by atoms with Crippen molar-refractivity contribution in [2.45, 2.75) is 34.6 Å². The third-order valence-electron chi connectivity index (χ3n) is 2.67. The highest BCUT2D eigenvalue weighted by molar-refractivity contribution is 5.99. The van der Waals surface area contributed by atoms with Gasteiger partial charge in [0.25, 0.3) is 0 Å². The van der Waals surface area contributed by atoms with Gasteiger partial charge >= 0.3 is 11.9 Å². The quantitative estimate of drug-likeness (QED) is 0.476. The molecule has 1 aromatic carbocycles. The number of benzene rings is 1. The van der Waals surface area contributed by atoms with E-state index in [-0.39, 0.29) is 17.1 Å². The second-order valence-electron chi connectivity index (χ2n) is 4.24. The van der Waals surface area contributed by atoms with Gasteiger partial charge in [-0.2, -0.15) is 0 Å². The summed E-state index contributed by atoms with van der Waals surface area (Å²) in [6.07, 6.45) is 0. The first kappa shape index (κ1) is 14.9. The number of hydrogen-bond donors (Lipinski definition) is 0. The molecule has 0 spiro atoms. The first-order valence-corrected chi connectivity index (χ1v) is 5.76. The lowest BCUT2D eigenvalue weighted by molar-refractivity contribution is -0.133. The average molecular weight is 264 g/mol. The molecule has 0 heterocycles. The van der Waals surface area contributed by atoms with E-state index in [9.17, 15) is 14.4 Å². The van der Waals surface area contributed by atoms with Crippen LogP contribution in [-0.2, 0) is 9.59 Å². The Bertz CT molecular complexity index is 557. The molecule has 102 valence electrons. The van der Waals surface area contributed by atoms with Gasteiger partial charge in [-0.25, -0.2) is 0 Å². The normalized spacial score (nSPS) is 9.95. The smallest absolute Gasteiger partial charge is 0.308 e. The van der Waals surface area contributed by atoms with Gasteiger partial charge in [0.15, 0.2) is 5.78 Å². The predicted molar refractivity (Wildman–Crippen MR) is 68.5 cm³/mol. The minimum Gasteiger partial charge on any atom is -0.426 e. The highest BCUT2D eigenvalue weighted by Crippen LogP contribution is 2.34. The van der Waals surface area contributed by atoms with Crippen LogP contribution in [-0.4, -0.2) is 17.7 Å². The fourth-order valence-corrected chi connectivity index (χ4v) is 1.66. The third-order valence-corrected chi connectivity index (χ3v) is 2.67. The van der Waals surface area contributed by atoms with Crippen molar-refractivity contribution in [3.05, 3.63) is 22.8 Å². The van der Waals surface area contributed by atoms with E-state index in [1.54, 1.807) is 13.8 Å². The van der Waals surface area contributed by atoms with Crippen LogP contribution in [0.15, 0.2) is 6.07 Å². The molecule has 0 radical (unpaired) electrons. The molecule has 1 aromatic rings. The lowest BCUT2D eigenvalue weighted by Gasteiger charge is -2.15. The molecule has 0 amide bonds. The summed E-state index contributed by atoms with van der Waals surface area (Å²) in [5.41, 5.74) is 1.46. The van der Waals surface area contributed by atoms with Crippen LogP contribution in [0.1, 0.15) is 42.3 Å². The van der Waals surface area contributed by atoms with E-state index in [1.807, 2.05) is 0 Å². The molecule has 0 bridgehead atoms. The van der Waals surface area contributed by atoms with E-state index in [0.29, 0.717) is 16.9 Å². The van der Waals surface area contributed by atoms with Gasteiger partial charge in [0.05, 0.1) is 5.56 Å². The predicted octanol–water partition coefficient (Wildman–Crippen LogP) is 2.36. The van der Waals surface area contributed by atoms with Crippen LogP contribution in [0.5, 0.6) is 11.5 Å². The highest BCUT2D eigenvalue weighted by Gasteiger charge is 2.19. The zero-order chi connectivity index (χ0) is 14.7. The Labute approximate surface area is 111 Å². The number of carbonyl (C=O) groups excluding carboxylic acids is 3. The van der Waals surface area contributed by atoms with Crippen molar-refractivity contribution in [2.24, 2.45) is 0 Å². The average Bonchev–Trinajstić information content (AvgIpc) is 2.27. The van der Waals surface area contributed by atoms with Crippen LogP contribution in [0.4, 0.5) is 0 Å². The molecule has 0 aromatic heterocycles. The summed E-state index contributed by atoms with van der Waals surface area (Å²) in [5, 5.41) is 0. The molecular weight excluding hydrogens is 248 g/mol. The summed E-state index contributed by atoms with van der Waals surface area (Å²) in [5.74, 6) is -0.741. The van der Waals surface area contributed by atoms with Gasteiger partial charge in [-0.1, -0.05) is 0 Å². The van der Waals surface area contributed by atoms with Crippen LogP contribution in [0.3, 0.4) is 0 Å². The first-order valence-electron chi connectivity index (χ1n) is 5.76. The molecule has 0 aliphatic heterocycles. The molecular formula is C14H16O5. The lowest BCUT2D eigenvalue weighted by Crippen LogP contribution is -2.11. The van der Waals surface area contributed by atoms with E-state index in [1.165, 1.54) is 26.8 Å². The Morgan fingerprint density at radius 3 is 1.84 bits per heavy atom. The molecule has 0 aliphatic carbocycles. The van der Waals surface area contributed by atoms with E-state index >= 15 is 0 Å². The number of carbonyl (C=O) groups is 3. The fraction of sp³-hybridized carbons (Fsp3) is 0.357. The van der Waals surface area contributed by atoms with E-state index in [2.05, 4.69) is 0 Å². The topological polar surface area (TPSA) is 69.7 Å². The number of ketones is 1. The maximum absolute atomic E-state index is 11.6. The van der Waals surface area contributed by atoms with Crippen molar-refractivity contribution in [1.29, 1.82) is 0 Å². The van der Waals surface area contributed by atoms with E-state index in [0.717, 1.165) is 0 Å². The SMILES string of the molecule is CC(=O)Oc1cc(C(C)=O)c(OC(C)=O)c(C)c1C. The summed E-state index contributed by atoms with van der Waals surface area (Å²) in [6.45, 7) is 7.33. The zero-order valence-corrected chi connectivity index (χ0v) is 11.6. The maximum Gasteiger partial charge on any atom is 0.308 e. The summed E-state index contributed by atoms with van der Waals surface area (Å²) in [7, 11) is 0. The Hall–Kier alpha value is -2.17. The van der Waals surface area contributed by atoms with E-state index < -0.39 is 11.9 Å². The minimum absolute atomic E-state index is 0.216. The molecule has 0 unspecified atom stereocenters. The van der Waals surface area contributed by atoms with E-state index in [4.69, 9.17) is 9.47 Å². The number of esters is 2. The van der Waals surface area contributed by atoms with Crippen LogP contribution < -0.4 is 9.47 Å². The maximum atomic E-state index is 11.6. The van der Waals surface area contributed by atoms with Crippen LogP contribution >= 0.6 is 0 Å². The van der Waals surface area contributed by atoms with Crippen molar-refractivity contribution in [3.8, 4) is 11.5 Å². The summed E-state index contributed by atoms with van der Waals surface area (Å²) in [6, 6.07) is 1.42. The second-order valence-corrected chi connectivity index (χ2v) is 4.24. The zero-order valence-electron chi connectivity index (χ0n) is 11.6. The second kappa shape index (κ2) is 5.65. The first-order chi connectivity index (χ1) is 8.73. The molecule has 19 heavy (non-hydrogen) atoms.